The molecule has 0 radical (unpaired) electrons. The summed E-state index contributed by atoms with van der Waals surface area (Å²) in [5, 5.41) is 3.18. The zero-order valence-corrected chi connectivity index (χ0v) is 28.1. The highest BCUT2D eigenvalue weighted by atomic mass is 16.6. The molecule has 0 bridgehead atoms. The third kappa shape index (κ3) is 10.4. The maximum atomic E-state index is 13.9. The molecule has 3 rings (SSSR count). The van der Waals surface area contributed by atoms with Crippen LogP contribution in [0.15, 0.2) is 18.2 Å². The zero-order valence-electron chi connectivity index (χ0n) is 28.1. The fourth-order valence-corrected chi connectivity index (χ4v) is 6.01. The molecule has 0 unspecified atom stereocenters. The Hall–Kier alpha value is -2.85. The van der Waals surface area contributed by atoms with Crippen molar-refractivity contribution < 1.29 is 33.3 Å². The summed E-state index contributed by atoms with van der Waals surface area (Å²) in [4.78, 5) is 43.7. The minimum Gasteiger partial charge on any atom is -0.493 e. The van der Waals surface area contributed by atoms with Crippen molar-refractivity contribution in [3.63, 3.8) is 0 Å². The van der Waals surface area contributed by atoms with E-state index in [4.69, 9.17) is 18.9 Å². The molecule has 2 fully saturated rings. The van der Waals surface area contributed by atoms with Gasteiger partial charge in [-0.05, 0) is 84.9 Å². The van der Waals surface area contributed by atoms with E-state index in [1.807, 2.05) is 64.6 Å². The van der Waals surface area contributed by atoms with E-state index in [1.165, 1.54) is 0 Å². The number of hydrogen-bond acceptors (Lipinski definition) is 7. The summed E-state index contributed by atoms with van der Waals surface area (Å²) in [6.07, 6.45) is 4.01. The minimum atomic E-state index is -0.616. The maximum absolute atomic E-state index is 13.9. The summed E-state index contributed by atoms with van der Waals surface area (Å²) in [6.45, 7) is 14.4. The lowest BCUT2D eigenvalue weighted by atomic mass is 9.86. The average Bonchev–Trinajstić information content (AvgIpc) is 3.39. The summed E-state index contributed by atoms with van der Waals surface area (Å²) in [7, 11) is 3.39. The second-order valence-corrected chi connectivity index (χ2v) is 13.6. The number of carbonyl (C=O) groups is 3. The Bertz CT molecular complexity index is 1090. The summed E-state index contributed by atoms with van der Waals surface area (Å²) in [5.41, 5.74) is 0.907. The lowest BCUT2D eigenvalue weighted by Crippen LogP contribution is -2.44. The van der Waals surface area contributed by atoms with Crippen molar-refractivity contribution in [1.82, 2.24) is 15.1 Å². The molecule has 0 aromatic heterocycles. The number of benzene rings is 1. The van der Waals surface area contributed by atoms with Crippen LogP contribution in [0.2, 0.25) is 0 Å². The van der Waals surface area contributed by atoms with Gasteiger partial charge >= 0.3 is 6.09 Å². The topological polar surface area (TPSA) is 107 Å². The molecule has 2 atom stereocenters. The molecule has 0 spiro atoms. The summed E-state index contributed by atoms with van der Waals surface area (Å²) in [5.74, 6) is 0.581. The van der Waals surface area contributed by atoms with Crippen LogP contribution >= 0.6 is 0 Å². The molecule has 248 valence electrons. The Balaban J connectivity index is 1.74. The number of amides is 3. The van der Waals surface area contributed by atoms with Crippen LogP contribution in [0.1, 0.15) is 82.6 Å². The van der Waals surface area contributed by atoms with Gasteiger partial charge in [0.1, 0.15) is 11.4 Å². The van der Waals surface area contributed by atoms with Crippen LogP contribution in [-0.4, -0.2) is 99.1 Å². The molecule has 1 aliphatic heterocycles. The molecule has 1 heterocycles. The van der Waals surface area contributed by atoms with Gasteiger partial charge in [-0.15, -0.1) is 0 Å². The summed E-state index contributed by atoms with van der Waals surface area (Å²) < 4.78 is 22.2. The predicted octanol–water partition coefficient (Wildman–Crippen LogP) is 5.07. The molecule has 10 heteroatoms. The Kier molecular flexibility index (Phi) is 13.3. The van der Waals surface area contributed by atoms with Gasteiger partial charge in [0.15, 0.2) is 0 Å². The molecule has 1 aromatic carbocycles. The maximum Gasteiger partial charge on any atom is 0.410 e. The van der Waals surface area contributed by atoms with Crippen LogP contribution in [0.25, 0.3) is 0 Å². The Morgan fingerprint density at radius 2 is 1.70 bits per heavy atom. The molecule has 3 amide bonds. The highest BCUT2D eigenvalue weighted by molar-refractivity contribution is 5.95. The van der Waals surface area contributed by atoms with E-state index in [0.717, 1.165) is 37.7 Å². The normalized spacial score (nSPS) is 22.2. The number of hydrogen-bond donors (Lipinski definition) is 1. The van der Waals surface area contributed by atoms with Gasteiger partial charge in [-0.3, -0.25) is 9.59 Å². The third-order valence-electron chi connectivity index (χ3n) is 8.65. The fourth-order valence-electron chi connectivity index (χ4n) is 6.01. The Labute approximate surface area is 264 Å². The van der Waals surface area contributed by atoms with Crippen LogP contribution in [0.4, 0.5) is 4.79 Å². The molecular formula is C34H55N3O7. The van der Waals surface area contributed by atoms with Gasteiger partial charge in [0.25, 0.3) is 5.91 Å². The van der Waals surface area contributed by atoms with Crippen LogP contribution in [-0.2, 0) is 19.0 Å². The van der Waals surface area contributed by atoms with E-state index in [0.29, 0.717) is 50.7 Å². The van der Waals surface area contributed by atoms with Gasteiger partial charge in [0.05, 0.1) is 12.7 Å². The molecule has 1 N–H and O–H groups in total. The first-order chi connectivity index (χ1) is 20.8. The van der Waals surface area contributed by atoms with E-state index in [-0.39, 0.29) is 47.8 Å². The largest absolute Gasteiger partial charge is 0.493 e. The quantitative estimate of drug-likeness (QED) is 0.308. The van der Waals surface area contributed by atoms with Crippen LogP contribution in [0.5, 0.6) is 5.75 Å². The van der Waals surface area contributed by atoms with Crippen molar-refractivity contribution in [2.75, 3.05) is 53.6 Å². The molecule has 10 nitrogen and oxygen atoms in total. The molecule has 1 aliphatic carbocycles. The van der Waals surface area contributed by atoms with Crippen molar-refractivity contribution in [3.8, 4) is 5.75 Å². The van der Waals surface area contributed by atoms with Gasteiger partial charge < -0.3 is 34.1 Å². The zero-order chi connectivity index (χ0) is 32.4. The number of nitrogens with zero attached hydrogens (tertiary/aromatic N) is 2. The summed E-state index contributed by atoms with van der Waals surface area (Å²) >= 11 is 0. The van der Waals surface area contributed by atoms with Crippen LogP contribution in [0, 0.1) is 24.7 Å². The van der Waals surface area contributed by atoms with Gasteiger partial charge in [-0.25, -0.2) is 4.79 Å². The third-order valence-corrected chi connectivity index (χ3v) is 8.65. The first-order valence-electron chi connectivity index (χ1n) is 16.1. The monoisotopic (exact) mass is 617 g/mol. The van der Waals surface area contributed by atoms with E-state index < -0.39 is 5.60 Å². The van der Waals surface area contributed by atoms with Gasteiger partial charge in [0.2, 0.25) is 5.91 Å². The predicted molar refractivity (Wildman–Crippen MR) is 170 cm³/mol. The van der Waals surface area contributed by atoms with E-state index in [1.54, 1.807) is 19.1 Å². The first-order valence-corrected chi connectivity index (χ1v) is 16.1. The molecule has 2 aliphatic rings. The van der Waals surface area contributed by atoms with Gasteiger partial charge in [-0.1, -0.05) is 6.07 Å². The lowest BCUT2D eigenvalue weighted by Gasteiger charge is -2.32. The number of rotatable bonds is 13. The first kappa shape index (κ1) is 35.6. The molecule has 1 saturated carbocycles. The number of ether oxygens (including phenoxy) is 4. The van der Waals surface area contributed by atoms with Gasteiger partial charge in [0, 0.05) is 82.8 Å². The highest BCUT2D eigenvalue weighted by Gasteiger charge is 2.39. The number of methoxy groups -OCH3 is 2. The van der Waals surface area contributed by atoms with E-state index in [9.17, 15) is 14.4 Å². The summed E-state index contributed by atoms with van der Waals surface area (Å²) in [6, 6.07) is 5.50. The number of likely N-dealkylation sites (tertiary alicyclic amines) is 1. The average molecular weight is 618 g/mol. The fraction of sp³-hybridized carbons (Fsp3) is 0.735. The minimum absolute atomic E-state index is 0.0199. The SMILES string of the molecule is COCCCOc1cc(C(=O)N(C[C@@H]2CN(C(=O)OC(C)(C)C)C[C@H]2CNC(=O)C2CCC(OC)CC2)C(C)C)ccc1C. The smallest absolute Gasteiger partial charge is 0.410 e. The molecule has 1 aromatic rings. The highest BCUT2D eigenvalue weighted by Crippen LogP contribution is 2.30. The van der Waals surface area contributed by atoms with E-state index >= 15 is 0 Å². The molecule has 1 saturated heterocycles. The Morgan fingerprint density at radius 3 is 2.32 bits per heavy atom. The van der Waals surface area contributed by atoms with Crippen LogP contribution < -0.4 is 10.1 Å². The second kappa shape index (κ2) is 16.5. The Morgan fingerprint density at radius 1 is 1.02 bits per heavy atom. The number of carbonyl (C=O) groups excluding carboxylic acids is 3. The van der Waals surface area contributed by atoms with Gasteiger partial charge in [-0.2, -0.15) is 0 Å². The van der Waals surface area contributed by atoms with Crippen LogP contribution in [0.3, 0.4) is 0 Å². The lowest BCUT2D eigenvalue weighted by molar-refractivity contribution is -0.127. The van der Waals surface area contributed by atoms with Crippen molar-refractivity contribution in [3.05, 3.63) is 29.3 Å². The van der Waals surface area contributed by atoms with E-state index in [2.05, 4.69) is 5.32 Å². The van der Waals surface area contributed by atoms with Crippen molar-refractivity contribution in [2.45, 2.75) is 91.4 Å². The molecule has 44 heavy (non-hydrogen) atoms. The standard InChI is InChI=1S/C34H55N3O7/c1-23(2)37(32(39)26-11-10-24(3)30(18-26)43-17-9-16-41-7)22-28-21-36(33(40)44-34(4,5)6)20-27(28)19-35-31(38)25-12-14-29(42-8)15-13-25/h10-11,18,23,25,27-29H,9,12-17,19-22H2,1-8H3,(H,35,38)/t25?,27-,28+,29?/m1/s1. The number of nitrogens with one attached hydrogen (secondary N) is 1. The van der Waals surface area contributed by atoms with Crippen molar-refractivity contribution >= 4 is 17.9 Å². The van der Waals surface area contributed by atoms with Crippen molar-refractivity contribution in [2.24, 2.45) is 17.8 Å². The van der Waals surface area contributed by atoms with Crippen molar-refractivity contribution in [1.29, 1.82) is 0 Å². The number of aryl methyl sites for hydroxylation is 1. The second-order valence-electron chi connectivity index (χ2n) is 13.6. The molecular weight excluding hydrogens is 562 g/mol.